The molecule has 1 nitrogen and oxygen atoms in total. The van der Waals surface area contributed by atoms with E-state index in [1.54, 1.807) is 6.26 Å². The van der Waals surface area contributed by atoms with Gasteiger partial charge in [0.25, 0.3) is 0 Å². The monoisotopic (exact) mass is 193 g/mol. The molecule has 1 radical (unpaired) electrons. The predicted molar refractivity (Wildman–Crippen MR) is 60.5 cm³/mol. The van der Waals surface area contributed by atoms with Crippen LogP contribution in [0, 0.1) is 6.07 Å². The molecule has 0 saturated heterocycles. The third-order valence-electron chi connectivity index (χ3n) is 2.50. The Morgan fingerprint density at radius 1 is 0.867 bits per heavy atom. The molecule has 0 atom stereocenters. The Hall–Kier alpha value is -2.02. The number of fused-ring (bicyclic) bond motifs is 1. The first-order chi connectivity index (χ1) is 7.43. The molecule has 0 aliphatic rings. The highest BCUT2D eigenvalue weighted by molar-refractivity contribution is 5.83. The minimum Gasteiger partial charge on any atom is -0.464 e. The quantitative estimate of drug-likeness (QED) is 0.571. The lowest BCUT2D eigenvalue weighted by molar-refractivity contribution is 0.616. The molecule has 0 amide bonds. The van der Waals surface area contributed by atoms with Crippen molar-refractivity contribution in [1.29, 1.82) is 0 Å². The Balaban J connectivity index is 2.19. The van der Waals surface area contributed by atoms with Crippen LogP contribution in [0.4, 0.5) is 0 Å². The zero-order valence-corrected chi connectivity index (χ0v) is 8.10. The first-order valence-electron chi connectivity index (χ1n) is 4.87. The third kappa shape index (κ3) is 1.42. The summed E-state index contributed by atoms with van der Waals surface area (Å²) in [7, 11) is 0. The van der Waals surface area contributed by atoms with Gasteiger partial charge in [-0.1, -0.05) is 30.3 Å². The first kappa shape index (κ1) is 8.30. The maximum absolute atomic E-state index is 5.30. The van der Waals surface area contributed by atoms with E-state index in [2.05, 4.69) is 30.3 Å². The van der Waals surface area contributed by atoms with Crippen molar-refractivity contribution < 1.29 is 4.42 Å². The second kappa shape index (κ2) is 3.28. The Kier molecular flexibility index (Phi) is 1.82. The van der Waals surface area contributed by atoms with Crippen LogP contribution in [0.5, 0.6) is 0 Å². The van der Waals surface area contributed by atoms with Crippen molar-refractivity contribution in [3.05, 3.63) is 60.9 Å². The van der Waals surface area contributed by atoms with Gasteiger partial charge in [-0.15, -0.1) is 0 Å². The second-order valence-corrected chi connectivity index (χ2v) is 3.46. The molecule has 0 spiro atoms. The lowest BCUT2D eigenvalue weighted by Gasteiger charge is -2.00. The van der Waals surface area contributed by atoms with Gasteiger partial charge >= 0.3 is 0 Å². The summed E-state index contributed by atoms with van der Waals surface area (Å²) >= 11 is 0. The van der Waals surface area contributed by atoms with Crippen molar-refractivity contribution in [3.8, 4) is 11.1 Å². The second-order valence-electron chi connectivity index (χ2n) is 3.46. The van der Waals surface area contributed by atoms with Gasteiger partial charge in [-0.05, 0) is 35.4 Å². The summed E-state index contributed by atoms with van der Waals surface area (Å²) in [6, 6.07) is 19.2. The zero-order chi connectivity index (χ0) is 10.1. The number of hydrogen-bond donors (Lipinski definition) is 0. The highest BCUT2D eigenvalue weighted by Crippen LogP contribution is 2.24. The highest BCUT2D eigenvalue weighted by Gasteiger charge is 2.00. The predicted octanol–water partition coefficient (Wildman–Crippen LogP) is 3.90. The average molecular weight is 193 g/mol. The van der Waals surface area contributed by atoms with Crippen molar-refractivity contribution in [2.45, 2.75) is 0 Å². The molecule has 15 heavy (non-hydrogen) atoms. The van der Waals surface area contributed by atoms with Gasteiger partial charge in [0.1, 0.15) is 5.58 Å². The lowest BCUT2D eigenvalue weighted by Crippen LogP contribution is -1.75. The molecule has 0 unspecified atom stereocenters. The molecule has 2 aromatic carbocycles. The maximum atomic E-state index is 5.30. The number of hydrogen-bond acceptors (Lipinski definition) is 1. The summed E-state index contributed by atoms with van der Waals surface area (Å²) in [5, 5.41) is 1.14. The largest absolute Gasteiger partial charge is 0.464 e. The van der Waals surface area contributed by atoms with E-state index < -0.39 is 0 Å². The number of furan rings is 1. The molecule has 3 aromatic rings. The summed E-state index contributed by atoms with van der Waals surface area (Å²) in [5.74, 6) is 0. The highest BCUT2D eigenvalue weighted by atomic mass is 16.3. The van der Waals surface area contributed by atoms with Gasteiger partial charge in [-0.2, -0.15) is 0 Å². The van der Waals surface area contributed by atoms with E-state index in [9.17, 15) is 0 Å². The van der Waals surface area contributed by atoms with Gasteiger partial charge in [0.15, 0.2) is 0 Å². The van der Waals surface area contributed by atoms with Crippen LogP contribution < -0.4 is 0 Å². The molecular formula is C14H9O. The Bertz CT molecular complexity index is 578. The van der Waals surface area contributed by atoms with Gasteiger partial charge in [0.2, 0.25) is 0 Å². The van der Waals surface area contributed by atoms with Crippen molar-refractivity contribution in [3.63, 3.8) is 0 Å². The standard InChI is InChI=1S/C14H9O/c1-2-4-11(5-3-1)12-6-7-14-13(10-12)8-9-15-14/h2-10H. The lowest BCUT2D eigenvalue weighted by atomic mass is 10.0. The van der Waals surface area contributed by atoms with Crippen LogP contribution in [0.3, 0.4) is 0 Å². The molecule has 1 heteroatoms. The SMILES string of the molecule is [c]1ccc(-c2ccc3occc3c2)cc1. The molecule has 3 rings (SSSR count). The molecule has 0 N–H and O–H groups in total. The zero-order valence-electron chi connectivity index (χ0n) is 8.10. The molecule has 0 bridgehead atoms. The number of benzene rings is 2. The third-order valence-corrected chi connectivity index (χ3v) is 2.50. The van der Waals surface area contributed by atoms with Crippen LogP contribution in [0.15, 0.2) is 59.2 Å². The summed E-state index contributed by atoms with van der Waals surface area (Å²) in [6.07, 6.45) is 1.72. The van der Waals surface area contributed by atoms with Gasteiger partial charge in [-0.25, -0.2) is 0 Å². The molecule has 71 valence electrons. The summed E-state index contributed by atoms with van der Waals surface area (Å²) < 4.78 is 5.30. The number of rotatable bonds is 1. The van der Waals surface area contributed by atoms with Gasteiger partial charge in [-0.3, -0.25) is 0 Å². The summed E-state index contributed by atoms with van der Waals surface area (Å²) in [4.78, 5) is 0. The van der Waals surface area contributed by atoms with Crippen LogP contribution in [0.2, 0.25) is 0 Å². The van der Waals surface area contributed by atoms with Crippen LogP contribution in [-0.4, -0.2) is 0 Å². The minimum atomic E-state index is 0.932. The topological polar surface area (TPSA) is 13.1 Å². The summed E-state index contributed by atoms with van der Waals surface area (Å²) in [5.41, 5.74) is 3.34. The van der Waals surface area contributed by atoms with E-state index in [4.69, 9.17) is 4.42 Å². The molecular weight excluding hydrogens is 184 g/mol. The van der Waals surface area contributed by atoms with Gasteiger partial charge < -0.3 is 4.42 Å². The molecule has 0 saturated carbocycles. The van der Waals surface area contributed by atoms with Crippen molar-refractivity contribution in [2.24, 2.45) is 0 Å². The first-order valence-corrected chi connectivity index (χ1v) is 4.87. The van der Waals surface area contributed by atoms with E-state index >= 15 is 0 Å². The molecule has 0 aliphatic heterocycles. The van der Waals surface area contributed by atoms with Gasteiger partial charge in [0.05, 0.1) is 6.26 Å². The fourth-order valence-electron chi connectivity index (χ4n) is 1.73. The summed E-state index contributed by atoms with van der Waals surface area (Å²) in [6.45, 7) is 0. The maximum Gasteiger partial charge on any atom is 0.133 e. The van der Waals surface area contributed by atoms with Crippen LogP contribution in [0.1, 0.15) is 0 Å². The van der Waals surface area contributed by atoms with Crippen LogP contribution in [-0.2, 0) is 0 Å². The van der Waals surface area contributed by atoms with E-state index in [1.807, 2.05) is 24.3 Å². The Labute approximate surface area is 88.0 Å². The van der Waals surface area contributed by atoms with E-state index in [0.29, 0.717) is 0 Å². The fraction of sp³-hybridized carbons (Fsp3) is 0. The normalized spacial score (nSPS) is 10.7. The fourth-order valence-corrected chi connectivity index (χ4v) is 1.73. The van der Waals surface area contributed by atoms with Crippen molar-refractivity contribution >= 4 is 11.0 Å². The molecule has 1 aromatic heterocycles. The minimum absolute atomic E-state index is 0.932. The molecule has 1 heterocycles. The smallest absolute Gasteiger partial charge is 0.133 e. The van der Waals surface area contributed by atoms with E-state index in [1.165, 1.54) is 11.1 Å². The van der Waals surface area contributed by atoms with Crippen molar-refractivity contribution in [1.82, 2.24) is 0 Å². The Morgan fingerprint density at radius 2 is 1.73 bits per heavy atom. The van der Waals surface area contributed by atoms with Crippen LogP contribution >= 0.6 is 0 Å². The Morgan fingerprint density at radius 3 is 2.60 bits per heavy atom. The van der Waals surface area contributed by atoms with Crippen molar-refractivity contribution in [2.75, 3.05) is 0 Å². The van der Waals surface area contributed by atoms with E-state index in [-0.39, 0.29) is 0 Å². The molecule has 0 fully saturated rings. The van der Waals surface area contributed by atoms with Gasteiger partial charge in [0, 0.05) is 5.39 Å². The molecule has 0 aliphatic carbocycles. The van der Waals surface area contributed by atoms with E-state index in [0.717, 1.165) is 11.0 Å². The average Bonchev–Trinajstić information content (AvgIpc) is 2.77. The van der Waals surface area contributed by atoms with Crippen LogP contribution in [0.25, 0.3) is 22.1 Å².